The van der Waals surface area contributed by atoms with Gasteiger partial charge in [0.2, 0.25) is 11.8 Å². The highest BCUT2D eigenvalue weighted by Gasteiger charge is 2.55. The molecule has 12 heteroatoms. The van der Waals surface area contributed by atoms with Crippen LogP contribution in [-0.2, 0) is 20.2 Å². The van der Waals surface area contributed by atoms with Crippen molar-refractivity contribution in [3.05, 3.63) is 28.9 Å². The number of aromatic nitrogens is 2. The molecule has 1 N–H and O–H groups in total. The Balaban J connectivity index is 1.60. The quantitative estimate of drug-likeness (QED) is 0.405. The molecule has 1 aromatic carbocycles. The number of rotatable bonds is 2. The molecule has 2 aromatic rings. The summed E-state index contributed by atoms with van der Waals surface area (Å²) in [6, 6.07) is 2.73. The molecule has 3 heterocycles. The van der Waals surface area contributed by atoms with E-state index in [1.54, 1.807) is 6.07 Å². The van der Waals surface area contributed by atoms with Crippen molar-refractivity contribution in [2.24, 2.45) is 17.3 Å². The van der Waals surface area contributed by atoms with Gasteiger partial charge in [-0.05, 0) is 63.1 Å². The Morgan fingerprint density at radius 3 is 2.57 bits per heavy atom. The first-order valence-electron chi connectivity index (χ1n) is 15.4. The zero-order valence-corrected chi connectivity index (χ0v) is 26.8. The molecule has 1 unspecified atom stereocenters. The average molecular weight is 635 g/mol. The predicted octanol–water partition coefficient (Wildman–Crippen LogP) is 6.44. The fraction of sp³-hybridized carbons (Fsp3) is 0.656. The Morgan fingerprint density at radius 1 is 1.18 bits per heavy atom. The van der Waals surface area contributed by atoms with Gasteiger partial charge in [-0.1, -0.05) is 45.7 Å². The van der Waals surface area contributed by atoms with Gasteiger partial charge in [0.05, 0.1) is 23.6 Å². The van der Waals surface area contributed by atoms with Crippen molar-refractivity contribution in [3.63, 3.8) is 0 Å². The number of amides is 2. The van der Waals surface area contributed by atoms with Crippen LogP contribution in [0.15, 0.2) is 18.2 Å². The number of carbonyl (C=O) groups excluding carboxylic acids is 3. The van der Waals surface area contributed by atoms with E-state index >= 15 is 8.78 Å². The first-order valence-corrected chi connectivity index (χ1v) is 15.7. The van der Waals surface area contributed by atoms with Crippen LogP contribution in [0, 0.1) is 17.3 Å². The van der Waals surface area contributed by atoms with Gasteiger partial charge in [-0.3, -0.25) is 9.59 Å². The summed E-state index contributed by atoms with van der Waals surface area (Å²) in [6.07, 6.45) is 0.339. The number of carbonyl (C=O) groups is 3. The van der Waals surface area contributed by atoms with Crippen LogP contribution in [0.25, 0.3) is 11.0 Å². The Bertz CT molecular complexity index is 1470. The van der Waals surface area contributed by atoms with Crippen molar-refractivity contribution in [3.8, 4) is 5.88 Å². The van der Waals surface area contributed by atoms with Crippen molar-refractivity contribution in [1.29, 1.82) is 0 Å². The second kappa shape index (κ2) is 11.7. The number of ketones is 1. The first kappa shape index (κ1) is 32.3. The molecule has 240 valence electrons. The molecule has 1 saturated carbocycles. The van der Waals surface area contributed by atoms with E-state index in [-0.39, 0.29) is 36.1 Å². The van der Waals surface area contributed by atoms with Crippen molar-refractivity contribution in [2.75, 3.05) is 6.54 Å². The molecule has 2 fully saturated rings. The van der Waals surface area contributed by atoms with Crippen LogP contribution >= 0.6 is 11.6 Å². The third-order valence-corrected chi connectivity index (χ3v) is 9.55. The molecule has 1 aliphatic carbocycles. The Morgan fingerprint density at radius 2 is 1.91 bits per heavy atom. The summed E-state index contributed by atoms with van der Waals surface area (Å²) in [5.74, 6) is -4.93. The van der Waals surface area contributed by atoms with Crippen LogP contribution in [0.5, 0.6) is 5.88 Å². The van der Waals surface area contributed by atoms with Crippen LogP contribution < -0.4 is 10.1 Å². The molecule has 1 saturated heterocycles. The van der Waals surface area contributed by atoms with Crippen LogP contribution in [0.2, 0.25) is 5.02 Å². The first-order chi connectivity index (χ1) is 20.5. The maximum atomic E-state index is 15.9. The molecule has 0 radical (unpaired) electrons. The monoisotopic (exact) mass is 634 g/mol. The molecule has 0 spiro atoms. The lowest BCUT2D eigenvalue weighted by molar-refractivity contribution is -0.141. The van der Waals surface area contributed by atoms with Gasteiger partial charge >= 0.3 is 6.09 Å². The van der Waals surface area contributed by atoms with E-state index in [2.05, 4.69) is 15.3 Å². The molecule has 5 rings (SSSR count). The van der Waals surface area contributed by atoms with Gasteiger partial charge in [-0.2, -0.15) is 8.78 Å². The summed E-state index contributed by atoms with van der Waals surface area (Å²) >= 11 is 6.18. The summed E-state index contributed by atoms with van der Waals surface area (Å²) in [4.78, 5) is 50.5. The number of halogens is 3. The number of hydrogen-bond acceptors (Lipinski definition) is 7. The molecule has 6 atom stereocenters. The van der Waals surface area contributed by atoms with Crippen LogP contribution in [0.1, 0.15) is 85.8 Å². The van der Waals surface area contributed by atoms with Gasteiger partial charge in [-0.15, -0.1) is 0 Å². The summed E-state index contributed by atoms with van der Waals surface area (Å²) in [6.45, 7) is 10.5. The predicted molar refractivity (Wildman–Crippen MR) is 161 cm³/mol. The highest BCUT2D eigenvalue weighted by molar-refractivity contribution is 6.31. The van der Waals surface area contributed by atoms with Crippen molar-refractivity contribution < 1.29 is 32.6 Å². The molecular weight excluding hydrogens is 594 g/mol. The maximum absolute atomic E-state index is 15.9. The molecule has 44 heavy (non-hydrogen) atoms. The molecule has 2 aliphatic heterocycles. The molecule has 1 aromatic heterocycles. The highest BCUT2D eigenvalue weighted by Crippen LogP contribution is 2.50. The van der Waals surface area contributed by atoms with Crippen molar-refractivity contribution >= 4 is 40.4 Å². The summed E-state index contributed by atoms with van der Waals surface area (Å²) in [5.41, 5.74) is -1.50. The minimum Gasteiger partial charge on any atom is -0.471 e. The van der Waals surface area contributed by atoms with Gasteiger partial charge in [0, 0.05) is 23.3 Å². The van der Waals surface area contributed by atoms with E-state index in [0.29, 0.717) is 36.2 Å². The van der Waals surface area contributed by atoms with Crippen LogP contribution in [-0.4, -0.2) is 63.0 Å². The van der Waals surface area contributed by atoms with Crippen molar-refractivity contribution in [1.82, 2.24) is 20.2 Å². The molecule has 9 nitrogen and oxygen atoms in total. The lowest BCUT2D eigenvalue weighted by atomic mass is 9.85. The standard InChI is InChI=1S/C32H41ClF2N4O5/c1-7-20-23-16-39(24(20)17(2)40)28(41)26(30(3,4)5)38-29(42)44-31(6)15-18(31)10-8-9-13-32(34,35)25-27(43-23)37-22-14-19(33)11-12-21(22)36-25/h11-12,14,18,20,23-24,26H,7-10,13,15-16H2,1-6H3,(H,38,42)/t18?,20-,23+,24-,26-,31-/m1/s1. The number of Topliss-reactive ketones (excluding diaryl/α,β-unsaturated/α-hetero) is 1. The van der Waals surface area contributed by atoms with E-state index in [4.69, 9.17) is 21.1 Å². The minimum atomic E-state index is -3.36. The zero-order chi connectivity index (χ0) is 32.2. The SMILES string of the molecule is CC[C@@H]1[C@@H]2CN(C(=O)[C@H](C(C)(C)C)NC(=O)O[C@]3(C)CC3CCCCC(F)(F)c3nc4ccc(Cl)cc4nc3O2)[C@@H]1C(C)=O. The van der Waals surface area contributed by atoms with Gasteiger partial charge in [0.1, 0.15) is 17.7 Å². The maximum Gasteiger partial charge on any atom is 0.408 e. The minimum absolute atomic E-state index is 0.0281. The van der Waals surface area contributed by atoms with E-state index in [1.165, 1.54) is 24.0 Å². The normalized spacial score (nSPS) is 31.1. The van der Waals surface area contributed by atoms with Gasteiger partial charge < -0.3 is 19.7 Å². The van der Waals surface area contributed by atoms with E-state index in [0.717, 1.165) is 0 Å². The molecule has 2 amide bonds. The Hall–Kier alpha value is -3.08. The Kier molecular flexibility index (Phi) is 8.59. The number of nitrogens with one attached hydrogen (secondary N) is 1. The average Bonchev–Trinajstić information content (AvgIpc) is 3.40. The summed E-state index contributed by atoms with van der Waals surface area (Å²) in [7, 11) is 0. The van der Waals surface area contributed by atoms with E-state index < -0.39 is 65.2 Å². The second-order valence-electron chi connectivity index (χ2n) is 13.8. The number of fused-ring (bicyclic) bond motifs is 5. The largest absolute Gasteiger partial charge is 0.471 e. The Labute approximate surface area is 261 Å². The number of alkyl halides is 2. The summed E-state index contributed by atoms with van der Waals surface area (Å²) < 4.78 is 43.9. The number of benzene rings is 1. The fourth-order valence-electron chi connectivity index (χ4n) is 6.70. The molecular formula is C32H41ClF2N4O5. The third kappa shape index (κ3) is 6.34. The zero-order valence-electron chi connectivity index (χ0n) is 26.1. The topological polar surface area (TPSA) is 111 Å². The lowest BCUT2D eigenvalue weighted by Gasteiger charge is -2.35. The number of ether oxygens (including phenoxy) is 2. The van der Waals surface area contributed by atoms with Gasteiger partial charge in [0.15, 0.2) is 11.5 Å². The highest BCUT2D eigenvalue weighted by atomic mass is 35.5. The number of hydrogen-bond donors (Lipinski definition) is 1. The number of nitrogens with zero attached hydrogens (tertiary/aromatic N) is 3. The van der Waals surface area contributed by atoms with Gasteiger partial charge in [0.25, 0.3) is 5.92 Å². The van der Waals surface area contributed by atoms with Crippen molar-refractivity contribution in [2.45, 2.75) is 110 Å². The molecule has 3 aliphatic rings. The van der Waals surface area contributed by atoms with Gasteiger partial charge in [-0.25, -0.2) is 14.8 Å². The van der Waals surface area contributed by atoms with Crippen LogP contribution in [0.3, 0.4) is 0 Å². The second-order valence-corrected chi connectivity index (χ2v) is 14.2. The third-order valence-electron chi connectivity index (χ3n) is 9.32. The smallest absolute Gasteiger partial charge is 0.408 e. The fourth-order valence-corrected chi connectivity index (χ4v) is 6.87. The van der Waals surface area contributed by atoms with E-state index in [1.807, 2.05) is 34.6 Å². The van der Waals surface area contributed by atoms with E-state index in [9.17, 15) is 14.4 Å². The van der Waals surface area contributed by atoms with Crippen LogP contribution in [0.4, 0.5) is 13.6 Å². The molecule has 2 bridgehead atoms. The number of alkyl carbamates (subject to hydrolysis) is 1. The lowest BCUT2D eigenvalue weighted by Crippen LogP contribution is -2.57. The summed E-state index contributed by atoms with van der Waals surface area (Å²) in [5, 5.41) is 3.15.